The summed E-state index contributed by atoms with van der Waals surface area (Å²) >= 11 is 0. The van der Waals surface area contributed by atoms with Crippen molar-refractivity contribution in [1.82, 2.24) is 10.6 Å². The third kappa shape index (κ3) is 5.19. The Morgan fingerprint density at radius 3 is 2.71 bits per heavy atom. The Bertz CT molecular complexity index is 496. The Kier molecular flexibility index (Phi) is 5.75. The molecule has 5 nitrogen and oxygen atoms in total. The van der Waals surface area contributed by atoms with Gasteiger partial charge in [0.1, 0.15) is 0 Å². The number of nitrogens with one attached hydrogen (secondary N) is 2. The molecule has 0 unspecified atom stereocenters. The zero-order chi connectivity index (χ0) is 15.1. The van der Waals surface area contributed by atoms with Gasteiger partial charge in [-0.3, -0.25) is 9.59 Å². The van der Waals surface area contributed by atoms with Gasteiger partial charge in [-0.1, -0.05) is 29.8 Å². The quantitative estimate of drug-likeness (QED) is 0.855. The first kappa shape index (κ1) is 15.5. The van der Waals surface area contributed by atoms with E-state index in [0.29, 0.717) is 19.8 Å². The van der Waals surface area contributed by atoms with Crippen molar-refractivity contribution < 1.29 is 14.3 Å². The minimum atomic E-state index is -0.170. The Hall–Kier alpha value is -1.88. The largest absolute Gasteiger partial charge is 0.381 e. The minimum Gasteiger partial charge on any atom is -0.381 e. The van der Waals surface area contributed by atoms with Gasteiger partial charge in [0.05, 0.1) is 6.54 Å². The number of carbonyl (C=O) groups is 2. The molecule has 0 saturated carbocycles. The molecule has 1 saturated heterocycles. The van der Waals surface area contributed by atoms with E-state index in [1.54, 1.807) is 0 Å². The van der Waals surface area contributed by atoms with Crippen molar-refractivity contribution in [1.29, 1.82) is 0 Å². The Balaban J connectivity index is 1.68. The predicted octanol–water partition coefficient (Wildman–Crippen LogP) is 1.15. The molecule has 2 N–H and O–H groups in total. The van der Waals surface area contributed by atoms with Crippen LogP contribution in [0.2, 0.25) is 0 Å². The van der Waals surface area contributed by atoms with Crippen LogP contribution in [0.5, 0.6) is 0 Å². The van der Waals surface area contributed by atoms with Gasteiger partial charge in [0.15, 0.2) is 0 Å². The van der Waals surface area contributed by atoms with Gasteiger partial charge in [-0.25, -0.2) is 0 Å². The lowest BCUT2D eigenvalue weighted by molar-refractivity contribution is -0.130. The highest BCUT2D eigenvalue weighted by Crippen LogP contribution is 2.14. The van der Waals surface area contributed by atoms with Crippen LogP contribution < -0.4 is 10.6 Å². The molecule has 0 aliphatic carbocycles. The average Bonchev–Trinajstić information content (AvgIpc) is 2.51. The first-order valence-corrected chi connectivity index (χ1v) is 7.33. The molecule has 1 aromatic rings. The van der Waals surface area contributed by atoms with E-state index in [9.17, 15) is 9.59 Å². The fraction of sp³-hybridized carbons (Fsp3) is 0.500. The second-order valence-corrected chi connectivity index (χ2v) is 5.37. The average molecular weight is 290 g/mol. The molecule has 1 aliphatic heterocycles. The van der Waals surface area contributed by atoms with Gasteiger partial charge in [0, 0.05) is 25.7 Å². The Labute approximate surface area is 125 Å². The molecule has 0 aromatic heterocycles. The Morgan fingerprint density at radius 2 is 2.00 bits per heavy atom. The summed E-state index contributed by atoms with van der Waals surface area (Å²) in [6.45, 7) is 3.77. The molecule has 5 heteroatoms. The summed E-state index contributed by atoms with van der Waals surface area (Å²) in [5, 5.41) is 5.50. The fourth-order valence-electron chi connectivity index (χ4n) is 2.36. The summed E-state index contributed by atoms with van der Waals surface area (Å²) in [6, 6.07) is 7.97. The lowest BCUT2D eigenvalue weighted by atomic mass is 9.99. The van der Waals surface area contributed by atoms with Gasteiger partial charge in [-0.15, -0.1) is 0 Å². The molecule has 114 valence electrons. The summed E-state index contributed by atoms with van der Waals surface area (Å²) in [5.74, 6) is -0.246. The van der Waals surface area contributed by atoms with Gasteiger partial charge >= 0.3 is 0 Å². The molecule has 0 atom stereocenters. The SMILES string of the molecule is Cc1cccc(CNC(=O)CNC(=O)C2CCOCC2)c1. The third-order valence-electron chi connectivity index (χ3n) is 3.59. The maximum Gasteiger partial charge on any atom is 0.239 e. The fourth-order valence-corrected chi connectivity index (χ4v) is 2.36. The highest BCUT2D eigenvalue weighted by molar-refractivity contribution is 5.85. The van der Waals surface area contributed by atoms with Crippen molar-refractivity contribution in [3.63, 3.8) is 0 Å². The second-order valence-electron chi connectivity index (χ2n) is 5.37. The van der Waals surface area contributed by atoms with Crippen LogP contribution in [-0.4, -0.2) is 31.6 Å². The Morgan fingerprint density at radius 1 is 1.24 bits per heavy atom. The van der Waals surface area contributed by atoms with E-state index in [2.05, 4.69) is 10.6 Å². The van der Waals surface area contributed by atoms with E-state index in [-0.39, 0.29) is 24.3 Å². The number of carbonyl (C=O) groups excluding carboxylic acids is 2. The maximum absolute atomic E-state index is 11.9. The first-order chi connectivity index (χ1) is 10.1. The van der Waals surface area contributed by atoms with E-state index in [1.807, 2.05) is 31.2 Å². The summed E-state index contributed by atoms with van der Waals surface area (Å²) in [4.78, 5) is 23.6. The number of hydrogen-bond donors (Lipinski definition) is 2. The highest BCUT2D eigenvalue weighted by atomic mass is 16.5. The lowest BCUT2D eigenvalue weighted by Gasteiger charge is -2.21. The summed E-state index contributed by atoms with van der Waals surface area (Å²) in [7, 11) is 0. The number of ether oxygens (including phenoxy) is 1. The zero-order valence-electron chi connectivity index (χ0n) is 12.4. The molecule has 1 fully saturated rings. The normalized spacial score (nSPS) is 15.5. The molecule has 0 radical (unpaired) electrons. The molecular weight excluding hydrogens is 268 g/mol. The number of rotatable bonds is 5. The van der Waals surface area contributed by atoms with Gasteiger partial charge < -0.3 is 15.4 Å². The number of hydrogen-bond acceptors (Lipinski definition) is 3. The maximum atomic E-state index is 11.9. The zero-order valence-corrected chi connectivity index (χ0v) is 12.4. The van der Waals surface area contributed by atoms with Crippen molar-refractivity contribution in [2.75, 3.05) is 19.8 Å². The molecule has 0 bridgehead atoms. The van der Waals surface area contributed by atoms with E-state index in [4.69, 9.17) is 4.74 Å². The number of aryl methyl sites for hydroxylation is 1. The summed E-state index contributed by atoms with van der Waals surface area (Å²) in [6.07, 6.45) is 1.47. The smallest absolute Gasteiger partial charge is 0.239 e. The van der Waals surface area contributed by atoms with Gasteiger partial charge in [0.2, 0.25) is 11.8 Å². The van der Waals surface area contributed by atoms with Crippen LogP contribution in [0.4, 0.5) is 0 Å². The van der Waals surface area contributed by atoms with Crippen LogP contribution in [0.1, 0.15) is 24.0 Å². The van der Waals surface area contributed by atoms with Gasteiger partial charge in [-0.2, -0.15) is 0 Å². The highest BCUT2D eigenvalue weighted by Gasteiger charge is 2.21. The van der Waals surface area contributed by atoms with Crippen LogP contribution in [0.3, 0.4) is 0 Å². The van der Waals surface area contributed by atoms with E-state index in [0.717, 1.165) is 24.0 Å². The summed E-state index contributed by atoms with van der Waals surface area (Å²) in [5.41, 5.74) is 2.22. The van der Waals surface area contributed by atoms with Crippen molar-refractivity contribution in [2.45, 2.75) is 26.3 Å². The van der Waals surface area contributed by atoms with Crippen LogP contribution in [0, 0.1) is 12.8 Å². The topological polar surface area (TPSA) is 67.4 Å². The minimum absolute atomic E-state index is 0.0247. The molecule has 21 heavy (non-hydrogen) atoms. The van der Waals surface area contributed by atoms with Crippen molar-refractivity contribution in [2.24, 2.45) is 5.92 Å². The molecule has 1 heterocycles. The monoisotopic (exact) mass is 290 g/mol. The van der Waals surface area contributed by atoms with Crippen LogP contribution in [0.25, 0.3) is 0 Å². The van der Waals surface area contributed by atoms with Crippen molar-refractivity contribution >= 4 is 11.8 Å². The third-order valence-corrected chi connectivity index (χ3v) is 3.59. The van der Waals surface area contributed by atoms with E-state index in [1.165, 1.54) is 0 Å². The van der Waals surface area contributed by atoms with Gasteiger partial charge in [-0.05, 0) is 25.3 Å². The number of benzene rings is 1. The van der Waals surface area contributed by atoms with E-state index >= 15 is 0 Å². The molecule has 1 aliphatic rings. The van der Waals surface area contributed by atoms with Crippen LogP contribution >= 0.6 is 0 Å². The first-order valence-electron chi connectivity index (χ1n) is 7.33. The lowest BCUT2D eigenvalue weighted by Crippen LogP contribution is -2.40. The molecule has 1 aromatic carbocycles. The summed E-state index contributed by atoms with van der Waals surface area (Å²) < 4.78 is 5.21. The van der Waals surface area contributed by atoms with Crippen molar-refractivity contribution in [3.05, 3.63) is 35.4 Å². The standard InChI is InChI=1S/C16H22N2O3/c1-12-3-2-4-13(9-12)10-17-15(19)11-18-16(20)14-5-7-21-8-6-14/h2-4,9,14H,5-8,10-11H2,1H3,(H,17,19)(H,18,20). The number of amides is 2. The van der Waals surface area contributed by atoms with Crippen LogP contribution in [-0.2, 0) is 20.9 Å². The second kappa shape index (κ2) is 7.78. The van der Waals surface area contributed by atoms with E-state index < -0.39 is 0 Å². The molecular formula is C16H22N2O3. The molecule has 2 amide bonds. The van der Waals surface area contributed by atoms with Crippen LogP contribution in [0.15, 0.2) is 24.3 Å². The molecule has 0 spiro atoms. The van der Waals surface area contributed by atoms with Crippen molar-refractivity contribution in [3.8, 4) is 0 Å². The predicted molar refractivity (Wildman–Crippen MR) is 79.6 cm³/mol. The molecule has 2 rings (SSSR count). The van der Waals surface area contributed by atoms with Gasteiger partial charge in [0.25, 0.3) is 0 Å².